The molecule has 3 rings (SSSR count). The zero-order valence-corrected chi connectivity index (χ0v) is 18.0. The van der Waals surface area contributed by atoms with Crippen molar-refractivity contribution in [1.29, 1.82) is 0 Å². The molecule has 1 N–H and O–H groups in total. The van der Waals surface area contributed by atoms with Crippen LogP contribution in [0.15, 0.2) is 57.9 Å². The number of nitrogens with zero attached hydrogens (tertiary/aromatic N) is 1. The molecule has 0 aliphatic carbocycles. The lowest BCUT2D eigenvalue weighted by atomic mass is 10.0. The van der Waals surface area contributed by atoms with Gasteiger partial charge in [0, 0.05) is 17.6 Å². The minimum atomic E-state index is -3.73. The number of rotatable bonds is 6. The summed E-state index contributed by atoms with van der Waals surface area (Å²) in [7, 11) is -2.15. The van der Waals surface area contributed by atoms with E-state index in [0.717, 1.165) is 22.9 Å². The Morgan fingerprint density at radius 1 is 1.21 bits per heavy atom. The molecule has 150 valence electrons. The van der Waals surface area contributed by atoms with Gasteiger partial charge in [-0.25, -0.2) is 8.42 Å². The summed E-state index contributed by atoms with van der Waals surface area (Å²) in [6, 6.07) is 13.2. The van der Waals surface area contributed by atoms with Crippen molar-refractivity contribution < 1.29 is 17.9 Å². The normalized spacial score (nSPS) is 17.9. The van der Waals surface area contributed by atoms with Gasteiger partial charge in [0.05, 0.1) is 12.0 Å². The molecule has 2 aromatic rings. The van der Waals surface area contributed by atoms with Crippen LogP contribution >= 0.6 is 15.9 Å². The van der Waals surface area contributed by atoms with Gasteiger partial charge in [-0.3, -0.25) is 4.79 Å². The first-order chi connectivity index (χ1) is 13.4. The van der Waals surface area contributed by atoms with Gasteiger partial charge >= 0.3 is 0 Å². The molecule has 0 saturated carbocycles. The predicted octanol–water partition coefficient (Wildman–Crippen LogP) is 3.32. The molecule has 1 atom stereocenters. The van der Waals surface area contributed by atoms with Gasteiger partial charge < -0.3 is 10.1 Å². The van der Waals surface area contributed by atoms with Gasteiger partial charge in [0.15, 0.2) is 0 Å². The molecule has 1 aliphatic rings. The monoisotopic (exact) mass is 466 g/mol. The molecule has 1 aliphatic heterocycles. The van der Waals surface area contributed by atoms with E-state index < -0.39 is 16.1 Å². The van der Waals surface area contributed by atoms with E-state index in [-0.39, 0.29) is 10.8 Å². The number of carbonyl (C=O) groups excluding carboxylic acids is 1. The third kappa shape index (κ3) is 4.74. The molecule has 28 heavy (non-hydrogen) atoms. The van der Waals surface area contributed by atoms with Gasteiger partial charge in [-0.1, -0.05) is 34.5 Å². The predicted molar refractivity (Wildman–Crippen MR) is 111 cm³/mol. The molecule has 2 aromatic carbocycles. The van der Waals surface area contributed by atoms with Crippen molar-refractivity contribution in [3.8, 4) is 5.75 Å². The topological polar surface area (TPSA) is 75.7 Å². The molecule has 0 aromatic heterocycles. The minimum Gasteiger partial charge on any atom is -0.497 e. The van der Waals surface area contributed by atoms with Gasteiger partial charge in [-0.2, -0.15) is 4.31 Å². The molecule has 1 unspecified atom stereocenters. The Bertz CT molecular complexity index is 931. The summed E-state index contributed by atoms with van der Waals surface area (Å²) in [5.74, 6) is 0.437. The summed E-state index contributed by atoms with van der Waals surface area (Å²) in [4.78, 5) is 13.0. The molecule has 1 heterocycles. The average Bonchev–Trinajstić information content (AvgIpc) is 2.72. The van der Waals surface area contributed by atoms with E-state index in [2.05, 4.69) is 21.2 Å². The standard InChI is InChI=1S/C20H23BrN2O4S/c1-27-17-6-4-5-15(13-17)14-22-20(24)19-7-2-3-12-23(19)28(25,26)18-10-8-16(21)9-11-18/h4-6,8-11,13,19H,2-3,7,12,14H2,1H3,(H,22,24). The number of hydrogen-bond donors (Lipinski definition) is 1. The van der Waals surface area contributed by atoms with Crippen LogP contribution in [0.3, 0.4) is 0 Å². The second kappa shape index (κ2) is 9.07. The van der Waals surface area contributed by atoms with Crippen molar-refractivity contribution in [2.45, 2.75) is 36.7 Å². The fourth-order valence-corrected chi connectivity index (χ4v) is 5.21. The van der Waals surface area contributed by atoms with Gasteiger partial charge in [0.25, 0.3) is 0 Å². The number of ether oxygens (including phenoxy) is 1. The van der Waals surface area contributed by atoms with Crippen LogP contribution in [0.2, 0.25) is 0 Å². The van der Waals surface area contributed by atoms with E-state index in [1.807, 2.05) is 24.3 Å². The van der Waals surface area contributed by atoms with Crippen LogP contribution < -0.4 is 10.1 Å². The van der Waals surface area contributed by atoms with Gasteiger partial charge in [0.1, 0.15) is 11.8 Å². The van der Waals surface area contributed by atoms with E-state index >= 15 is 0 Å². The molecular formula is C20H23BrN2O4S. The maximum Gasteiger partial charge on any atom is 0.243 e. The van der Waals surface area contributed by atoms with Crippen molar-refractivity contribution >= 4 is 31.9 Å². The van der Waals surface area contributed by atoms with Crippen LogP contribution in [0.5, 0.6) is 5.75 Å². The summed E-state index contributed by atoms with van der Waals surface area (Å²) in [6.07, 6.45) is 2.08. The number of amides is 1. The fraction of sp³-hybridized carbons (Fsp3) is 0.350. The number of halogens is 1. The molecule has 8 heteroatoms. The molecule has 6 nitrogen and oxygen atoms in total. The molecule has 1 fully saturated rings. The third-order valence-corrected chi connectivity index (χ3v) is 7.23. The first-order valence-corrected chi connectivity index (χ1v) is 11.3. The first-order valence-electron chi connectivity index (χ1n) is 9.10. The van der Waals surface area contributed by atoms with Crippen LogP contribution in [-0.4, -0.2) is 38.3 Å². The quantitative estimate of drug-likeness (QED) is 0.708. The molecular weight excluding hydrogens is 444 g/mol. The Labute approximate surface area is 174 Å². The number of methoxy groups -OCH3 is 1. The lowest BCUT2D eigenvalue weighted by molar-refractivity contribution is -0.125. The Balaban J connectivity index is 1.74. The Hall–Kier alpha value is -1.90. The van der Waals surface area contributed by atoms with Crippen LogP contribution in [0.1, 0.15) is 24.8 Å². The third-order valence-electron chi connectivity index (χ3n) is 4.78. The van der Waals surface area contributed by atoms with E-state index in [1.54, 1.807) is 31.4 Å². The van der Waals surface area contributed by atoms with E-state index in [0.29, 0.717) is 25.3 Å². The summed E-state index contributed by atoms with van der Waals surface area (Å²) in [6.45, 7) is 0.661. The Morgan fingerprint density at radius 2 is 1.96 bits per heavy atom. The fourth-order valence-electron chi connectivity index (χ4n) is 3.29. The van der Waals surface area contributed by atoms with Crippen molar-refractivity contribution in [2.24, 2.45) is 0 Å². The SMILES string of the molecule is COc1cccc(CNC(=O)C2CCCCN2S(=O)(=O)c2ccc(Br)cc2)c1. The first kappa shape index (κ1) is 20.8. The second-order valence-electron chi connectivity index (χ2n) is 6.65. The zero-order chi connectivity index (χ0) is 20.1. The van der Waals surface area contributed by atoms with Crippen molar-refractivity contribution in [2.75, 3.05) is 13.7 Å². The molecule has 1 saturated heterocycles. The summed E-state index contributed by atoms with van der Waals surface area (Å²) < 4.78 is 33.5. The molecule has 0 spiro atoms. The average molecular weight is 467 g/mol. The van der Waals surface area contributed by atoms with Crippen molar-refractivity contribution in [1.82, 2.24) is 9.62 Å². The van der Waals surface area contributed by atoms with Crippen LogP contribution in [0.25, 0.3) is 0 Å². The van der Waals surface area contributed by atoms with Crippen LogP contribution in [0, 0.1) is 0 Å². The highest BCUT2D eigenvalue weighted by Crippen LogP contribution is 2.26. The number of benzene rings is 2. The Morgan fingerprint density at radius 3 is 2.68 bits per heavy atom. The summed E-state index contributed by atoms with van der Waals surface area (Å²) in [5.41, 5.74) is 0.894. The number of hydrogen-bond acceptors (Lipinski definition) is 4. The lowest BCUT2D eigenvalue weighted by Crippen LogP contribution is -2.51. The highest BCUT2D eigenvalue weighted by Gasteiger charge is 2.37. The van der Waals surface area contributed by atoms with Crippen LogP contribution in [0.4, 0.5) is 0 Å². The lowest BCUT2D eigenvalue weighted by Gasteiger charge is -2.33. The van der Waals surface area contributed by atoms with Gasteiger partial charge in [-0.15, -0.1) is 0 Å². The maximum atomic E-state index is 13.1. The molecule has 0 radical (unpaired) electrons. The van der Waals surface area contributed by atoms with Crippen LogP contribution in [-0.2, 0) is 21.4 Å². The van der Waals surface area contributed by atoms with E-state index in [9.17, 15) is 13.2 Å². The zero-order valence-electron chi connectivity index (χ0n) is 15.6. The maximum absolute atomic E-state index is 13.1. The highest BCUT2D eigenvalue weighted by molar-refractivity contribution is 9.10. The number of carbonyl (C=O) groups is 1. The van der Waals surface area contributed by atoms with E-state index in [1.165, 1.54) is 4.31 Å². The van der Waals surface area contributed by atoms with Crippen molar-refractivity contribution in [3.63, 3.8) is 0 Å². The largest absolute Gasteiger partial charge is 0.497 e. The highest BCUT2D eigenvalue weighted by atomic mass is 79.9. The number of piperidine rings is 1. The molecule has 0 bridgehead atoms. The summed E-state index contributed by atoms with van der Waals surface area (Å²) in [5, 5.41) is 2.87. The smallest absolute Gasteiger partial charge is 0.243 e. The van der Waals surface area contributed by atoms with E-state index in [4.69, 9.17) is 4.74 Å². The Kier molecular flexibility index (Phi) is 6.74. The summed E-state index contributed by atoms with van der Waals surface area (Å²) >= 11 is 3.31. The van der Waals surface area contributed by atoms with Gasteiger partial charge in [0.2, 0.25) is 15.9 Å². The number of nitrogens with one attached hydrogen (secondary N) is 1. The van der Waals surface area contributed by atoms with Crippen molar-refractivity contribution in [3.05, 3.63) is 58.6 Å². The molecule has 1 amide bonds. The van der Waals surface area contributed by atoms with Gasteiger partial charge in [-0.05, 0) is 54.8 Å². The number of sulfonamides is 1. The minimum absolute atomic E-state index is 0.197. The second-order valence-corrected chi connectivity index (χ2v) is 9.46.